The molecular weight excluding hydrogens is 208 g/mol. The Morgan fingerprint density at radius 1 is 0.941 bits per heavy atom. The van der Waals surface area contributed by atoms with Crippen LogP contribution in [0, 0.1) is 5.92 Å². The molecule has 1 heteroatoms. The van der Waals surface area contributed by atoms with Crippen molar-refractivity contribution in [1.82, 2.24) is 0 Å². The topological polar surface area (TPSA) is 9.23 Å². The van der Waals surface area contributed by atoms with E-state index in [-0.39, 0.29) is 5.60 Å². The lowest BCUT2D eigenvalue weighted by Gasteiger charge is -2.26. The van der Waals surface area contributed by atoms with Crippen molar-refractivity contribution < 1.29 is 4.74 Å². The Bertz CT molecular complexity index is 561. The van der Waals surface area contributed by atoms with E-state index in [2.05, 4.69) is 54.6 Å². The van der Waals surface area contributed by atoms with Crippen molar-refractivity contribution >= 4 is 0 Å². The number of fused-ring (bicyclic) bond motifs is 2. The summed E-state index contributed by atoms with van der Waals surface area (Å²) < 4.78 is 6.28. The minimum Gasteiger partial charge on any atom is -0.482 e. The Morgan fingerprint density at radius 3 is 2.59 bits per heavy atom. The van der Waals surface area contributed by atoms with Gasteiger partial charge < -0.3 is 4.74 Å². The van der Waals surface area contributed by atoms with Gasteiger partial charge in [-0.05, 0) is 30.0 Å². The first-order chi connectivity index (χ1) is 8.38. The van der Waals surface area contributed by atoms with E-state index >= 15 is 0 Å². The van der Waals surface area contributed by atoms with E-state index in [0.717, 1.165) is 18.6 Å². The first kappa shape index (κ1) is 9.29. The standard InChI is InChI=1S/C16H14O/c1-2-7-13(8-3-1)16-11-14(16)10-12-6-4-5-9-15(12)17-16/h1-9,14H,10-11H2. The number of hydrogen-bond donors (Lipinski definition) is 0. The van der Waals surface area contributed by atoms with Crippen LogP contribution in [-0.4, -0.2) is 0 Å². The summed E-state index contributed by atoms with van der Waals surface area (Å²) in [4.78, 5) is 0. The van der Waals surface area contributed by atoms with Crippen molar-refractivity contribution in [2.45, 2.75) is 18.4 Å². The molecule has 1 saturated carbocycles. The molecule has 84 valence electrons. The summed E-state index contributed by atoms with van der Waals surface area (Å²) in [5.41, 5.74) is 2.68. The highest BCUT2D eigenvalue weighted by Gasteiger charge is 2.60. The molecule has 0 amide bonds. The van der Waals surface area contributed by atoms with Gasteiger partial charge in [-0.25, -0.2) is 0 Å². The summed E-state index contributed by atoms with van der Waals surface area (Å²) in [7, 11) is 0. The second-order valence-corrected chi connectivity index (χ2v) is 5.07. The Hall–Kier alpha value is -1.76. The normalized spacial score (nSPS) is 28.8. The Balaban J connectivity index is 1.77. The first-order valence-electron chi connectivity index (χ1n) is 6.21. The van der Waals surface area contributed by atoms with Crippen molar-refractivity contribution in [1.29, 1.82) is 0 Å². The molecule has 0 saturated heterocycles. The van der Waals surface area contributed by atoms with Gasteiger partial charge in [0, 0.05) is 5.92 Å². The quantitative estimate of drug-likeness (QED) is 0.717. The zero-order valence-electron chi connectivity index (χ0n) is 9.60. The van der Waals surface area contributed by atoms with Crippen molar-refractivity contribution in [3.63, 3.8) is 0 Å². The summed E-state index contributed by atoms with van der Waals surface area (Å²) in [6.07, 6.45) is 2.32. The number of ether oxygens (including phenoxy) is 1. The lowest BCUT2D eigenvalue weighted by Crippen LogP contribution is -2.23. The number of benzene rings is 2. The smallest absolute Gasteiger partial charge is 0.138 e. The molecule has 2 aromatic carbocycles. The van der Waals surface area contributed by atoms with Crippen LogP contribution < -0.4 is 4.74 Å². The summed E-state index contributed by atoms with van der Waals surface area (Å²) in [6, 6.07) is 19.1. The monoisotopic (exact) mass is 222 g/mol. The molecule has 2 atom stereocenters. The predicted octanol–water partition coefficient (Wildman–Crippen LogP) is 3.54. The van der Waals surface area contributed by atoms with Gasteiger partial charge in [0.25, 0.3) is 0 Å². The molecule has 17 heavy (non-hydrogen) atoms. The van der Waals surface area contributed by atoms with Crippen LogP contribution in [0.25, 0.3) is 0 Å². The third-order valence-corrected chi connectivity index (χ3v) is 4.04. The van der Waals surface area contributed by atoms with Gasteiger partial charge in [-0.2, -0.15) is 0 Å². The average Bonchev–Trinajstić information content (AvgIpc) is 3.11. The Morgan fingerprint density at radius 2 is 1.71 bits per heavy atom. The van der Waals surface area contributed by atoms with Gasteiger partial charge in [0.2, 0.25) is 0 Å². The van der Waals surface area contributed by atoms with Gasteiger partial charge in [0.05, 0.1) is 0 Å². The van der Waals surface area contributed by atoms with Crippen LogP contribution in [0.1, 0.15) is 17.5 Å². The van der Waals surface area contributed by atoms with E-state index in [1.54, 1.807) is 0 Å². The van der Waals surface area contributed by atoms with Crippen LogP contribution in [0.4, 0.5) is 0 Å². The van der Waals surface area contributed by atoms with Crippen LogP contribution in [0.2, 0.25) is 0 Å². The van der Waals surface area contributed by atoms with E-state index in [9.17, 15) is 0 Å². The zero-order valence-corrected chi connectivity index (χ0v) is 9.60. The molecule has 1 fully saturated rings. The van der Waals surface area contributed by atoms with Crippen LogP contribution in [0.15, 0.2) is 54.6 Å². The van der Waals surface area contributed by atoms with Gasteiger partial charge >= 0.3 is 0 Å². The second-order valence-electron chi connectivity index (χ2n) is 5.07. The van der Waals surface area contributed by atoms with E-state index in [1.165, 1.54) is 11.1 Å². The van der Waals surface area contributed by atoms with E-state index in [0.29, 0.717) is 5.92 Å². The van der Waals surface area contributed by atoms with Crippen molar-refractivity contribution in [2.75, 3.05) is 0 Å². The molecule has 0 N–H and O–H groups in total. The third-order valence-electron chi connectivity index (χ3n) is 4.04. The third kappa shape index (κ3) is 1.25. The Labute approximate surface area is 101 Å². The molecule has 0 spiro atoms. The molecule has 2 unspecified atom stereocenters. The fraction of sp³-hybridized carbons (Fsp3) is 0.250. The predicted molar refractivity (Wildman–Crippen MR) is 67.0 cm³/mol. The maximum atomic E-state index is 6.28. The fourth-order valence-electron chi connectivity index (χ4n) is 3.04. The molecule has 0 radical (unpaired) electrons. The van der Waals surface area contributed by atoms with Gasteiger partial charge in [-0.3, -0.25) is 0 Å². The van der Waals surface area contributed by atoms with Gasteiger partial charge in [0.15, 0.2) is 0 Å². The van der Waals surface area contributed by atoms with Crippen LogP contribution in [0.5, 0.6) is 5.75 Å². The molecule has 1 aliphatic carbocycles. The summed E-state index contributed by atoms with van der Waals surface area (Å²) in [5.74, 6) is 1.74. The molecule has 1 aliphatic heterocycles. The molecule has 0 bridgehead atoms. The molecule has 2 aliphatic rings. The number of rotatable bonds is 1. The minimum absolute atomic E-state index is 0.0182. The molecular formula is C16H14O. The second kappa shape index (κ2) is 3.13. The van der Waals surface area contributed by atoms with Gasteiger partial charge in [0.1, 0.15) is 11.4 Å². The fourth-order valence-corrected chi connectivity index (χ4v) is 3.04. The molecule has 1 nitrogen and oxygen atoms in total. The maximum Gasteiger partial charge on any atom is 0.138 e. The number of para-hydroxylation sites is 1. The first-order valence-corrected chi connectivity index (χ1v) is 6.21. The molecule has 2 aromatic rings. The lowest BCUT2D eigenvalue weighted by molar-refractivity contribution is 0.146. The largest absolute Gasteiger partial charge is 0.482 e. The molecule has 0 aromatic heterocycles. The van der Waals surface area contributed by atoms with Crippen LogP contribution in [0.3, 0.4) is 0 Å². The van der Waals surface area contributed by atoms with Crippen molar-refractivity contribution in [3.8, 4) is 5.75 Å². The van der Waals surface area contributed by atoms with E-state index < -0.39 is 0 Å². The summed E-state index contributed by atoms with van der Waals surface area (Å²) >= 11 is 0. The SMILES string of the molecule is c1ccc(C23CC2Cc2ccccc2O3)cc1. The van der Waals surface area contributed by atoms with Crippen molar-refractivity contribution in [2.24, 2.45) is 5.92 Å². The highest BCUT2D eigenvalue weighted by atomic mass is 16.5. The van der Waals surface area contributed by atoms with Gasteiger partial charge in [-0.15, -0.1) is 0 Å². The summed E-state index contributed by atoms with van der Waals surface area (Å²) in [6.45, 7) is 0. The van der Waals surface area contributed by atoms with E-state index in [1.807, 2.05) is 0 Å². The molecule has 4 rings (SSSR count). The minimum atomic E-state index is -0.0182. The van der Waals surface area contributed by atoms with Crippen LogP contribution in [-0.2, 0) is 12.0 Å². The molecule has 1 heterocycles. The number of hydrogen-bond acceptors (Lipinski definition) is 1. The summed E-state index contributed by atoms with van der Waals surface area (Å²) in [5, 5.41) is 0. The van der Waals surface area contributed by atoms with Gasteiger partial charge in [-0.1, -0.05) is 48.5 Å². The van der Waals surface area contributed by atoms with Crippen LogP contribution >= 0.6 is 0 Å². The lowest BCUT2D eigenvalue weighted by atomic mass is 9.97. The zero-order chi connectivity index (χ0) is 11.3. The average molecular weight is 222 g/mol. The highest BCUT2D eigenvalue weighted by molar-refractivity contribution is 5.43. The van der Waals surface area contributed by atoms with E-state index in [4.69, 9.17) is 4.74 Å². The maximum absolute atomic E-state index is 6.28. The highest BCUT2D eigenvalue weighted by Crippen LogP contribution is 2.59. The van der Waals surface area contributed by atoms with Crippen molar-refractivity contribution in [3.05, 3.63) is 65.7 Å². The Kier molecular flexibility index (Phi) is 1.71.